The smallest absolute Gasteiger partial charge is 0.266 e. The summed E-state index contributed by atoms with van der Waals surface area (Å²) < 4.78 is 23.3. The number of carbonyl (C=O) groups is 1. The van der Waals surface area contributed by atoms with E-state index in [2.05, 4.69) is 11.0 Å². The number of aromatic nitrogens is 1. The number of hydrogen-bond donors (Lipinski definition) is 0. The molecule has 8 nitrogen and oxygen atoms in total. The fraction of sp³-hybridized carbons (Fsp3) is 0.357. The van der Waals surface area contributed by atoms with Gasteiger partial charge in [0.2, 0.25) is 0 Å². The molecule has 1 aliphatic rings. The summed E-state index contributed by atoms with van der Waals surface area (Å²) in [5.74, 6) is 1.86. The van der Waals surface area contributed by atoms with Gasteiger partial charge in [0.1, 0.15) is 27.5 Å². The van der Waals surface area contributed by atoms with Gasteiger partial charge < -0.3 is 18.9 Å². The van der Waals surface area contributed by atoms with Crippen molar-refractivity contribution in [1.82, 2.24) is 9.88 Å². The Bertz CT molecular complexity index is 1330. The first-order valence-electron chi connectivity index (χ1n) is 12.4. The molecular weight excluding hydrogens is 526 g/mol. The van der Waals surface area contributed by atoms with Gasteiger partial charge in [-0.1, -0.05) is 41.7 Å². The predicted octanol–water partition coefficient (Wildman–Crippen LogP) is 5.02. The zero-order valence-electron chi connectivity index (χ0n) is 21.6. The third-order valence-corrected chi connectivity index (χ3v) is 7.57. The summed E-state index contributed by atoms with van der Waals surface area (Å²) in [6.45, 7) is 4.65. The first kappa shape index (κ1) is 27.9. The van der Waals surface area contributed by atoms with E-state index in [0.717, 1.165) is 54.7 Å². The SMILES string of the molecule is COc1ccc(OC)c2sc(N(CCCN3CCOCC3)C(=O)COc3ccc4ccccc4c3)nc12.Cl. The van der Waals surface area contributed by atoms with Gasteiger partial charge in [-0.3, -0.25) is 14.6 Å². The maximum absolute atomic E-state index is 13.5. The summed E-state index contributed by atoms with van der Waals surface area (Å²) in [5.41, 5.74) is 0.684. The molecule has 0 unspecified atom stereocenters. The van der Waals surface area contributed by atoms with Gasteiger partial charge in [0.15, 0.2) is 11.7 Å². The molecular formula is C28H32ClN3O5S. The molecule has 10 heteroatoms. The van der Waals surface area contributed by atoms with E-state index in [9.17, 15) is 4.79 Å². The van der Waals surface area contributed by atoms with E-state index >= 15 is 0 Å². The normalized spacial score (nSPS) is 13.7. The lowest BCUT2D eigenvalue weighted by Crippen LogP contribution is -2.40. The van der Waals surface area contributed by atoms with E-state index in [1.165, 1.54) is 11.3 Å². The van der Waals surface area contributed by atoms with Crippen molar-refractivity contribution in [1.29, 1.82) is 0 Å². The molecule has 0 bridgehead atoms. The molecule has 0 aliphatic carbocycles. The number of hydrogen-bond acceptors (Lipinski definition) is 8. The monoisotopic (exact) mass is 557 g/mol. The van der Waals surface area contributed by atoms with Crippen LogP contribution in [0.3, 0.4) is 0 Å². The molecule has 0 N–H and O–H groups in total. The van der Waals surface area contributed by atoms with E-state index < -0.39 is 0 Å². The van der Waals surface area contributed by atoms with E-state index in [4.69, 9.17) is 23.9 Å². The van der Waals surface area contributed by atoms with Gasteiger partial charge in [-0.15, -0.1) is 12.4 Å². The number of ether oxygens (including phenoxy) is 4. The van der Waals surface area contributed by atoms with Crippen LogP contribution in [0, 0.1) is 0 Å². The second kappa shape index (κ2) is 13.1. The highest BCUT2D eigenvalue weighted by Crippen LogP contribution is 2.40. The van der Waals surface area contributed by atoms with Crippen LogP contribution >= 0.6 is 23.7 Å². The molecule has 3 aromatic carbocycles. The molecule has 0 radical (unpaired) electrons. The predicted molar refractivity (Wildman–Crippen MR) is 154 cm³/mol. The van der Waals surface area contributed by atoms with Crippen molar-refractivity contribution < 1.29 is 23.7 Å². The first-order valence-corrected chi connectivity index (χ1v) is 13.2. The standard InChI is InChI=1S/C28H31N3O5S.ClH/c1-33-23-10-11-24(34-2)27-26(23)29-28(37-27)31(13-5-12-30-14-16-35-17-15-30)25(32)19-36-22-9-8-20-6-3-4-7-21(20)18-22;/h3-4,6-11,18H,5,12-17,19H2,1-2H3;1H. The van der Waals surface area contributed by atoms with Gasteiger partial charge in [-0.2, -0.15) is 0 Å². The van der Waals surface area contributed by atoms with E-state index in [1.807, 2.05) is 48.5 Å². The van der Waals surface area contributed by atoms with Crippen molar-refractivity contribution in [3.8, 4) is 17.2 Å². The highest BCUT2D eigenvalue weighted by atomic mass is 35.5. The van der Waals surface area contributed by atoms with Crippen LogP contribution in [0.2, 0.25) is 0 Å². The van der Waals surface area contributed by atoms with Crippen molar-refractivity contribution in [2.75, 3.05) is 65.1 Å². The minimum absolute atomic E-state index is 0. The Balaban J connectivity index is 0.00000336. The fourth-order valence-corrected chi connectivity index (χ4v) is 5.59. The summed E-state index contributed by atoms with van der Waals surface area (Å²) in [5, 5.41) is 2.80. The molecule has 1 aliphatic heterocycles. The average molecular weight is 558 g/mol. The lowest BCUT2D eigenvalue weighted by molar-refractivity contribution is -0.120. The van der Waals surface area contributed by atoms with Crippen LogP contribution in [0.25, 0.3) is 21.0 Å². The third-order valence-electron chi connectivity index (χ3n) is 6.47. The summed E-state index contributed by atoms with van der Waals surface area (Å²) in [6.07, 6.45) is 0.811. The second-order valence-corrected chi connectivity index (χ2v) is 9.77. The van der Waals surface area contributed by atoms with Crippen LogP contribution in [0.1, 0.15) is 6.42 Å². The molecule has 202 valence electrons. The van der Waals surface area contributed by atoms with Crippen molar-refractivity contribution in [2.24, 2.45) is 0 Å². The van der Waals surface area contributed by atoms with Crippen LogP contribution in [0.15, 0.2) is 54.6 Å². The number of fused-ring (bicyclic) bond motifs is 2. The van der Waals surface area contributed by atoms with Crippen molar-refractivity contribution in [2.45, 2.75) is 6.42 Å². The van der Waals surface area contributed by atoms with Gasteiger partial charge in [0.05, 0.1) is 27.4 Å². The van der Waals surface area contributed by atoms with E-state index in [-0.39, 0.29) is 24.9 Å². The maximum Gasteiger partial charge on any atom is 0.266 e. The van der Waals surface area contributed by atoms with Gasteiger partial charge >= 0.3 is 0 Å². The highest BCUT2D eigenvalue weighted by Gasteiger charge is 2.23. The number of rotatable bonds is 10. The van der Waals surface area contributed by atoms with Crippen LogP contribution in [0.5, 0.6) is 17.2 Å². The Kier molecular flexibility index (Phi) is 9.63. The number of nitrogens with zero attached hydrogens (tertiary/aromatic N) is 3. The molecule has 1 saturated heterocycles. The van der Waals surface area contributed by atoms with Crippen molar-refractivity contribution in [3.63, 3.8) is 0 Å². The molecule has 1 amide bonds. The number of carbonyl (C=O) groups excluding carboxylic acids is 1. The number of anilines is 1. The molecule has 1 fully saturated rings. The van der Waals surface area contributed by atoms with Gasteiger partial charge in [-0.25, -0.2) is 4.98 Å². The topological polar surface area (TPSA) is 73.4 Å². The zero-order chi connectivity index (χ0) is 25.6. The van der Waals surface area contributed by atoms with Crippen LogP contribution in [-0.4, -0.2) is 76.0 Å². The Morgan fingerprint density at radius 2 is 1.76 bits per heavy atom. The Hall–Kier alpha value is -3.11. The number of benzene rings is 3. The highest BCUT2D eigenvalue weighted by molar-refractivity contribution is 7.22. The minimum atomic E-state index is -0.146. The lowest BCUT2D eigenvalue weighted by Gasteiger charge is -2.27. The van der Waals surface area contributed by atoms with Gasteiger partial charge in [0.25, 0.3) is 5.91 Å². The number of amides is 1. The van der Waals surface area contributed by atoms with Crippen molar-refractivity contribution >= 4 is 55.8 Å². The average Bonchev–Trinajstić information content (AvgIpc) is 3.39. The van der Waals surface area contributed by atoms with Crippen LogP contribution in [0.4, 0.5) is 5.13 Å². The molecule has 1 aromatic heterocycles. The number of halogens is 1. The van der Waals surface area contributed by atoms with E-state index in [1.54, 1.807) is 19.1 Å². The molecule has 0 saturated carbocycles. The summed E-state index contributed by atoms with van der Waals surface area (Å²) in [7, 11) is 3.24. The third kappa shape index (κ3) is 6.30. The number of thiazole rings is 1. The fourth-order valence-electron chi connectivity index (χ4n) is 4.47. The van der Waals surface area contributed by atoms with Gasteiger partial charge in [-0.05, 0) is 41.5 Å². The molecule has 4 aromatic rings. The first-order chi connectivity index (χ1) is 18.2. The molecule has 0 spiro atoms. The van der Waals surface area contributed by atoms with Crippen LogP contribution < -0.4 is 19.1 Å². The second-order valence-electron chi connectivity index (χ2n) is 8.79. The lowest BCUT2D eigenvalue weighted by atomic mass is 10.1. The van der Waals surface area contributed by atoms with Crippen molar-refractivity contribution in [3.05, 3.63) is 54.6 Å². The molecule has 0 atom stereocenters. The van der Waals surface area contributed by atoms with Crippen LogP contribution in [-0.2, 0) is 9.53 Å². The Morgan fingerprint density at radius 3 is 2.53 bits per heavy atom. The Labute approximate surface area is 232 Å². The largest absolute Gasteiger partial charge is 0.495 e. The molecule has 2 heterocycles. The Morgan fingerprint density at radius 1 is 1.03 bits per heavy atom. The molecule has 5 rings (SSSR count). The summed E-state index contributed by atoms with van der Waals surface area (Å²) >= 11 is 1.42. The van der Waals surface area contributed by atoms with Gasteiger partial charge in [0, 0.05) is 26.2 Å². The minimum Gasteiger partial charge on any atom is -0.495 e. The molecule has 38 heavy (non-hydrogen) atoms. The zero-order valence-corrected chi connectivity index (χ0v) is 23.2. The summed E-state index contributed by atoms with van der Waals surface area (Å²) in [6, 6.07) is 17.6. The number of morpholine rings is 1. The maximum atomic E-state index is 13.5. The summed E-state index contributed by atoms with van der Waals surface area (Å²) in [4.78, 5) is 22.4. The quantitative estimate of drug-likeness (QED) is 0.271. The number of methoxy groups -OCH3 is 2. The van der Waals surface area contributed by atoms with E-state index in [0.29, 0.717) is 34.4 Å².